The van der Waals surface area contributed by atoms with Gasteiger partial charge in [-0.25, -0.2) is 13.1 Å². The third kappa shape index (κ3) is 3.12. The van der Waals surface area contributed by atoms with Crippen molar-refractivity contribution in [3.63, 3.8) is 0 Å². The number of nitrogens with one attached hydrogen (secondary N) is 1. The maximum atomic E-state index is 12.3. The van der Waals surface area contributed by atoms with E-state index in [1.54, 1.807) is 19.1 Å². The zero-order valence-electron chi connectivity index (χ0n) is 10.2. The average Bonchev–Trinajstić information content (AvgIpc) is 3.13. The fraction of sp³-hybridized carbons (Fsp3) is 0.500. The molecule has 2 rings (SSSR count). The highest BCUT2D eigenvalue weighted by molar-refractivity contribution is 9.10. The molecule has 1 aliphatic carbocycles. The summed E-state index contributed by atoms with van der Waals surface area (Å²) in [6.45, 7) is 2.13. The topological polar surface area (TPSA) is 72.2 Å². The zero-order valence-corrected chi connectivity index (χ0v) is 12.6. The number of halogens is 1. The molecule has 0 saturated heterocycles. The molecule has 18 heavy (non-hydrogen) atoms. The van der Waals surface area contributed by atoms with Gasteiger partial charge in [-0.3, -0.25) is 0 Å². The highest BCUT2D eigenvalue weighted by Gasteiger charge is 2.33. The Labute approximate surface area is 116 Å². The Hall–Kier alpha value is -0.430. The van der Waals surface area contributed by atoms with E-state index in [1.165, 1.54) is 0 Å². The smallest absolute Gasteiger partial charge is 0.241 e. The Balaban J connectivity index is 2.26. The summed E-state index contributed by atoms with van der Waals surface area (Å²) in [7, 11) is -3.49. The minimum absolute atomic E-state index is 0.145. The van der Waals surface area contributed by atoms with E-state index in [2.05, 4.69) is 20.7 Å². The molecule has 4 nitrogen and oxygen atoms in total. The van der Waals surface area contributed by atoms with Crippen LogP contribution in [0.4, 0.5) is 0 Å². The Morgan fingerprint density at radius 2 is 2.17 bits per heavy atom. The molecule has 0 radical (unpaired) electrons. The van der Waals surface area contributed by atoms with Gasteiger partial charge in [0.15, 0.2) is 0 Å². The van der Waals surface area contributed by atoms with Gasteiger partial charge in [-0.2, -0.15) is 0 Å². The minimum Gasteiger partial charge on any atom is -0.329 e. The van der Waals surface area contributed by atoms with Crippen LogP contribution in [0.25, 0.3) is 0 Å². The molecule has 0 aromatic heterocycles. The fourth-order valence-corrected chi connectivity index (χ4v) is 4.06. The standard InChI is InChI=1S/C12H17BrN2O2S/c1-8-2-5-10(13)6-12(8)18(16,17)15-11(7-14)9-3-4-9/h2,5-6,9,11,15H,3-4,7,14H2,1H3. The second kappa shape index (κ2) is 5.28. The first-order chi connectivity index (χ1) is 8.44. The number of hydrogen-bond acceptors (Lipinski definition) is 3. The van der Waals surface area contributed by atoms with Crippen LogP contribution < -0.4 is 10.5 Å². The fourth-order valence-electron chi connectivity index (χ4n) is 1.96. The van der Waals surface area contributed by atoms with Crippen LogP contribution in [0.1, 0.15) is 18.4 Å². The number of benzene rings is 1. The lowest BCUT2D eigenvalue weighted by atomic mass is 10.2. The predicted octanol–water partition coefficient (Wildman–Crippen LogP) is 1.77. The maximum absolute atomic E-state index is 12.3. The summed E-state index contributed by atoms with van der Waals surface area (Å²) >= 11 is 3.30. The van der Waals surface area contributed by atoms with Crippen LogP contribution in [-0.2, 0) is 10.0 Å². The molecule has 1 aromatic rings. The van der Waals surface area contributed by atoms with Crippen molar-refractivity contribution >= 4 is 26.0 Å². The minimum atomic E-state index is -3.49. The molecule has 1 unspecified atom stereocenters. The first kappa shape index (κ1) is 14.0. The van der Waals surface area contributed by atoms with Crippen molar-refractivity contribution in [2.24, 2.45) is 11.7 Å². The lowest BCUT2D eigenvalue weighted by Crippen LogP contribution is -2.41. The van der Waals surface area contributed by atoms with E-state index in [4.69, 9.17) is 5.73 Å². The molecule has 1 saturated carbocycles. The highest BCUT2D eigenvalue weighted by atomic mass is 79.9. The molecule has 0 bridgehead atoms. The van der Waals surface area contributed by atoms with Gasteiger partial charge in [0.2, 0.25) is 10.0 Å². The number of sulfonamides is 1. The zero-order chi connectivity index (χ0) is 13.3. The Morgan fingerprint density at radius 3 is 2.72 bits per heavy atom. The van der Waals surface area contributed by atoms with Crippen molar-refractivity contribution in [3.05, 3.63) is 28.2 Å². The molecular formula is C12H17BrN2O2S. The summed E-state index contributed by atoms with van der Waals surface area (Å²) in [6.07, 6.45) is 2.11. The van der Waals surface area contributed by atoms with Crippen molar-refractivity contribution in [2.45, 2.75) is 30.7 Å². The van der Waals surface area contributed by atoms with Crippen LogP contribution in [0.3, 0.4) is 0 Å². The highest BCUT2D eigenvalue weighted by Crippen LogP contribution is 2.33. The second-order valence-corrected chi connectivity index (χ2v) is 7.31. The van der Waals surface area contributed by atoms with E-state index in [-0.39, 0.29) is 6.04 Å². The van der Waals surface area contributed by atoms with E-state index in [0.717, 1.165) is 22.9 Å². The number of hydrogen-bond donors (Lipinski definition) is 2. The van der Waals surface area contributed by atoms with Crippen LogP contribution in [0.2, 0.25) is 0 Å². The number of nitrogens with two attached hydrogens (primary N) is 1. The lowest BCUT2D eigenvalue weighted by Gasteiger charge is -2.17. The summed E-state index contributed by atoms with van der Waals surface area (Å²) in [4.78, 5) is 0.316. The molecule has 6 heteroatoms. The van der Waals surface area contributed by atoms with Gasteiger partial charge in [0.05, 0.1) is 4.90 Å². The number of rotatable bonds is 5. The van der Waals surface area contributed by atoms with Crippen molar-refractivity contribution in [1.82, 2.24) is 4.72 Å². The van der Waals surface area contributed by atoms with E-state index in [9.17, 15) is 8.42 Å². The average molecular weight is 333 g/mol. The van der Waals surface area contributed by atoms with Gasteiger partial charge in [-0.15, -0.1) is 0 Å². The summed E-state index contributed by atoms with van der Waals surface area (Å²) in [5, 5.41) is 0. The maximum Gasteiger partial charge on any atom is 0.241 e. The monoisotopic (exact) mass is 332 g/mol. The molecule has 1 fully saturated rings. The van der Waals surface area contributed by atoms with Crippen LogP contribution in [0.5, 0.6) is 0 Å². The predicted molar refractivity (Wildman–Crippen MR) is 74.8 cm³/mol. The number of aryl methyl sites for hydroxylation is 1. The quantitative estimate of drug-likeness (QED) is 0.863. The van der Waals surface area contributed by atoms with Crippen molar-refractivity contribution in [3.8, 4) is 0 Å². The Bertz CT molecular complexity index is 541. The molecule has 1 aromatic carbocycles. The molecule has 100 valence electrons. The van der Waals surface area contributed by atoms with Crippen molar-refractivity contribution in [2.75, 3.05) is 6.54 Å². The van der Waals surface area contributed by atoms with Crippen LogP contribution in [-0.4, -0.2) is 21.0 Å². The molecule has 0 spiro atoms. The third-order valence-corrected chi connectivity index (χ3v) is 5.32. The normalized spacial score (nSPS) is 17.7. The van der Waals surface area contributed by atoms with Crippen LogP contribution >= 0.6 is 15.9 Å². The van der Waals surface area contributed by atoms with Crippen molar-refractivity contribution in [1.29, 1.82) is 0 Å². The van der Waals surface area contributed by atoms with Crippen LogP contribution in [0.15, 0.2) is 27.6 Å². The molecule has 0 heterocycles. The van der Waals surface area contributed by atoms with E-state index >= 15 is 0 Å². The molecule has 0 amide bonds. The van der Waals surface area contributed by atoms with Gasteiger partial charge >= 0.3 is 0 Å². The first-order valence-corrected chi connectivity index (χ1v) is 8.20. The SMILES string of the molecule is Cc1ccc(Br)cc1S(=O)(=O)NC(CN)C1CC1. The van der Waals surface area contributed by atoms with E-state index in [1.807, 2.05) is 6.07 Å². The molecule has 1 atom stereocenters. The van der Waals surface area contributed by atoms with Crippen LogP contribution in [0, 0.1) is 12.8 Å². The van der Waals surface area contributed by atoms with Gasteiger partial charge < -0.3 is 5.73 Å². The van der Waals surface area contributed by atoms with Gasteiger partial charge in [0, 0.05) is 17.1 Å². The molecular weight excluding hydrogens is 316 g/mol. The second-order valence-electron chi connectivity index (χ2n) is 4.71. The first-order valence-electron chi connectivity index (χ1n) is 5.92. The molecule has 0 aliphatic heterocycles. The molecule has 3 N–H and O–H groups in total. The summed E-state index contributed by atoms with van der Waals surface area (Å²) in [5.41, 5.74) is 6.36. The summed E-state index contributed by atoms with van der Waals surface area (Å²) in [5.74, 6) is 0.400. The Morgan fingerprint density at radius 1 is 1.50 bits per heavy atom. The largest absolute Gasteiger partial charge is 0.329 e. The van der Waals surface area contributed by atoms with Gasteiger partial charge in [-0.1, -0.05) is 22.0 Å². The van der Waals surface area contributed by atoms with Gasteiger partial charge in [-0.05, 0) is 43.4 Å². The summed E-state index contributed by atoms with van der Waals surface area (Å²) in [6, 6.07) is 5.09. The molecule has 1 aliphatic rings. The van der Waals surface area contributed by atoms with E-state index < -0.39 is 10.0 Å². The van der Waals surface area contributed by atoms with Crippen molar-refractivity contribution < 1.29 is 8.42 Å². The summed E-state index contributed by atoms with van der Waals surface area (Å²) < 4.78 is 28.1. The third-order valence-electron chi connectivity index (χ3n) is 3.19. The van der Waals surface area contributed by atoms with Gasteiger partial charge in [0.25, 0.3) is 0 Å². The van der Waals surface area contributed by atoms with E-state index in [0.29, 0.717) is 17.4 Å². The Kier molecular flexibility index (Phi) is 4.11. The lowest BCUT2D eigenvalue weighted by molar-refractivity contribution is 0.519. The van der Waals surface area contributed by atoms with Gasteiger partial charge in [0.1, 0.15) is 0 Å².